The van der Waals surface area contributed by atoms with Crippen molar-refractivity contribution in [2.45, 2.75) is 0 Å². The van der Waals surface area contributed by atoms with Gasteiger partial charge in [-0.1, -0.05) is 5.21 Å². The highest BCUT2D eigenvalue weighted by molar-refractivity contribution is 5.85. The Labute approximate surface area is 86.8 Å². The van der Waals surface area contributed by atoms with Crippen molar-refractivity contribution in [1.82, 2.24) is 15.4 Å². The number of rotatable bonds is 2. The maximum atomic E-state index is 5.11. The summed E-state index contributed by atoms with van der Waals surface area (Å²) in [5, 5.41) is 10.3. The zero-order valence-electron chi connectivity index (χ0n) is 7.77. The van der Waals surface area contributed by atoms with Crippen LogP contribution in [0.3, 0.4) is 0 Å². The fraction of sp³-hybridized carbons (Fsp3) is 0.250. The predicted octanol–water partition coefficient (Wildman–Crippen LogP) is 1.40. The van der Waals surface area contributed by atoms with Crippen LogP contribution in [0.4, 0.5) is 0 Å². The number of fused-ring (bicyclic) bond motifs is 1. The van der Waals surface area contributed by atoms with Gasteiger partial charge in [0.25, 0.3) is 0 Å². The molecule has 0 radical (unpaired) electrons. The van der Waals surface area contributed by atoms with E-state index in [0.717, 1.165) is 11.0 Å². The Morgan fingerprint density at radius 3 is 2.43 bits per heavy atom. The van der Waals surface area contributed by atoms with Gasteiger partial charge < -0.3 is 9.47 Å². The minimum Gasteiger partial charge on any atom is -0.493 e. The number of nitrogens with zero attached hydrogens (tertiary/aromatic N) is 2. The smallest absolute Gasteiger partial charge is 0.163 e. The molecule has 1 heterocycles. The Morgan fingerprint density at radius 2 is 1.79 bits per heavy atom. The van der Waals surface area contributed by atoms with Gasteiger partial charge in [-0.3, -0.25) is 5.10 Å². The molecule has 0 saturated carbocycles. The zero-order valence-corrected chi connectivity index (χ0v) is 8.59. The molecule has 0 aliphatic carbocycles. The van der Waals surface area contributed by atoms with Crippen molar-refractivity contribution in [3.05, 3.63) is 12.1 Å². The number of aromatic amines is 1. The predicted molar refractivity (Wildman–Crippen MR) is 54.2 cm³/mol. The summed E-state index contributed by atoms with van der Waals surface area (Å²) in [5.74, 6) is 1.32. The van der Waals surface area contributed by atoms with E-state index < -0.39 is 0 Å². The molecule has 0 bridgehead atoms. The second-order valence-corrected chi connectivity index (χ2v) is 2.54. The molecule has 6 heteroatoms. The molecule has 1 N–H and O–H groups in total. The fourth-order valence-corrected chi connectivity index (χ4v) is 1.17. The number of methoxy groups -OCH3 is 2. The molecule has 0 atom stereocenters. The summed E-state index contributed by atoms with van der Waals surface area (Å²) in [6.45, 7) is 0. The average molecular weight is 216 g/mol. The highest BCUT2D eigenvalue weighted by Gasteiger charge is 2.07. The first-order valence-corrected chi connectivity index (χ1v) is 3.78. The number of hydrogen-bond acceptors (Lipinski definition) is 4. The molecular formula is C8H10ClN3O2. The van der Waals surface area contributed by atoms with Crippen LogP contribution in [0.2, 0.25) is 0 Å². The lowest BCUT2D eigenvalue weighted by molar-refractivity contribution is 0.356. The number of benzene rings is 1. The summed E-state index contributed by atoms with van der Waals surface area (Å²) in [5.41, 5.74) is 1.59. The van der Waals surface area contributed by atoms with E-state index >= 15 is 0 Å². The van der Waals surface area contributed by atoms with Crippen molar-refractivity contribution >= 4 is 23.4 Å². The Kier molecular flexibility index (Phi) is 3.14. The van der Waals surface area contributed by atoms with Gasteiger partial charge in [0.1, 0.15) is 5.52 Å². The molecule has 0 unspecified atom stereocenters. The summed E-state index contributed by atoms with van der Waals surface area (Å²) < 4.78 is 10.2. The molecule has 2 aromatic rings. The van der Waals surface area contributed by atoms with Gasteiger partial charge in [0.05, 0.1) is 19.7 Å². The lowest BCUT2D eigenvalue weighted by Crippen LogP contribution is -1.89. The van der Waals surface area contributed by atoms with Crippen molar-refractivity contribution in [3.63, 3.8) is 0 Å². The number of H-pyrrole nitrogens is 1. The van der Waals surface area contributed by atoms with E-state index in [1.165, 1.54) is 0 Å². The molecule has 2 rings (SSSR count). The molecule has 0 amide bonds. The normalized spacial score (nSPS) is 9.57. The topological polar surface area (TPSA) is 60.0 Å². The lowest BCUT2D eigenvalue weighted by atomic mass is 10.3. The molecular weight excluding hydrogens is 206 g/mol. The summed E-state index contributed by atoms with van der Waals surface area (Å²) in [6.07, 6.45) is 0. The van der Waals surface area contributed by atoms with E-state index in [0.29, 0.717) is 11.5 Å². The quantitative estimate of drug-likeness (QED) is 0.823. The average Bonchev–Trinajstić information content (AvgIpc) is 2.62. The SMILES string of the molecule is COc1cc2nn[nH]c2cc1OC.Cl. The Balaban J connectivity index is 0.000000980. The third-order valence-electron chi connectivity index (χ3n) is 1.83. The van der Waals surface area contributed by atoms with Crippen molar-refractivity contribution in [2.24, 2.45) is 0 Å². The van der Waals surface area contributed by atoms with Crippen LogP contribution in [0.15, 0.2) is 12.1 Å². The largest absolute Gasteiger partial charge is 0.493 e. The van der Waals surface area contributed by atoms with Crippen LogP contribution < -0.4 is 9.47 Å². The second-order valence-electron chi connectivity index (χ2n) is 2.54. The molecule has 1 aromatic carbocycles. The Bertz CT molecular complexity index is 391. The van der Waals surface area contributed by atoms with Crippen LogP contribution in [0.25, 0.3) is 11.0 Å². The van der Waals surface area contributed by atoms with Crippen molar-refractivity contribution in [2.75, 3.05) is 14.2 Å². The molecule has 0 saturated heterocycles. The van der Waals surface area contributed by atoms with Gasteiger partial charge in [0.15, 0.2) is 11.5 Å². The van der Waals surface area contributed by atoms with E-state index in [-0.39, 0.29) is 12.4 Å². The highest BCUT2D eigenvalue weighted by Crippen LogP contribution is 2.29. The molecule has 1 aromatic heterocycles. The van der Waals surface area contributed by atoms with Gasteiger partial charge >= 0.3 is 0 Å². The molecule has 5 nitrogen and oxygen atoms in total. The molecule has 76 valence electrons. The number of nitrogens with one attached hydrogen (secondary N) is 1. The Hall–Kier alpha value is -1.49. The highest BCUT2D eigenvalue weighted by atomic mass is 35.5. The maximum Gasteiger partial charge on any atom is 0.163 e. The van der Waals surface area contributed by atoms with Gasteiger partial charge in [0, 0.05) is 12.1 Å². The van der Waals surface area contributed by atoms with E-state index in [4.69, 9.17) is 9.47 Å². The molecule has 14 heavy (non-hydrogen) atoms. The lowest BCUT2D eigenvalue weighted by Gasteiger charge is -2.05. The van der Waals surface area contributed by atoms with Crippen LogP contribution in [-0.4, -0.2) is 29.6 Å². The van der Waals surface area contributed by atoms with Gasteiger partial charge in [-0.15, -0.1) is 17.5 Å². The van der Waals surface area contributed by atoms with Gasteiger partial charge in [0.2, 0.25) is 0 Å². The molecule has 0 fully saturated rings. The minimum absolute atomic E-state index is 0. The van der Waals surface area contributed by atoms with E-state index in [1.54, 1.807) is 26.4 Å². The van der Waals surface area contributed by atoms with Crippen LogP contribution >= 0.6 is 12.4 Å². The summed E-state index contributed by atoms with van der Waals surface area (Å²) in [4.78, 5) is 0. The monoisotopic (exact) mass is 215 g/mol. The number of ether oxygens (including phenoxy) is 2. The van der Waals surface area contributed by atoms with E-state index in [1.807, 2.05) is 0 Å². The van der Waals surface area contributed by atoms with Crippen LogP contribution in [-0.2, 0) is 0 Å². The third kappa shape index (κ3) is 1.58. The van der Waals surface area contributed by atoms with Crippen molar-refractivity contribution in [1.29, 1.82) is 0 Å². The first kappa shape index (κ1) is 10.6. The summed E-state index contributed by atoms with van der Waals surface area (Å²) in [6, 6.07) is 3.58. The third-order valence-corrected chi connectivity index (χ3v) is 1.83. The van der Waals surface area contributed by atoms with Crippen molar-refractivity contribution < 1.29 is 9.47 Å². The standard InChI is InChI=1S/C8H9N3O2.ClH/c1-12-7-3-5-6(10-11-9-5)4-8(7)13-2;/h3-4H,1-2H3,(H,9,10,11);1H. The van der Waals surface area contributed by atoms with Crippen LogP contribution in [0.5, 0.6) is 11.5 Å². The van der Waals surface area contributed by atoms with Gasteiger partial charge in [-0.05, 0) is 0 Å². The second kappa shape index (κ2) is 4.15. The number of hydrogen-bond donors (Lipinski definition) is 1. The zero-order chi connectivity index (χ0) is 9.26. The number of halogens is 1. The molecule has 0 aliphatic rings. The minimum atomic E-state index is 0. The van der Waals surface area contributed by atoms with Gasteiger partial charge in [-0.2, -0.15) is 0 Å². The maximum absolute atomic E-state index is 5.11. The summed E-state index contributed by atoms with van der Waals surface area (Å²) >= 11 is 0. The summed E-state index contributed by atoms with van der Waals surface area (Å²) in [7, 11) is 3.18. The number of aromatic nitrogens is 3. The first-order valence-electron chi connectivity index (χ1n) is 3.78. The van der Waals surface area contributed by atoms with Crippen LogP contribution in [0, 0.1) is 0 Å². The van der Waals surface area contributed by atoms with E-state index in [9.17, 15) is 0 Å². The van der Waals surface area contributed by atoms with Crippen molar-refractivity contribution in [3.8, 4) is 11.5 Å². The van der Waals surface area contributed by atoms with E-state index in [2.05, 4.69) is 15.4 Å². The molecule has 0 spiro atoms. The molecule has 0 aliphatic heterocycles. The fourth-order valence-electron chi connectivity index (χ4n) is 1.17. The van der Waals surface area contributed by atoms with Crippen LogP contribution in [0.1, 0.15) is 0 Å². The van der Waals surface area contributed by atoms with Gasteiger partial charge in [-0.25, -0.2) is 0 Å². The Morgan fingerprint density at radius 1 is 1.14 bits per heavy atom. The first-order chi connectivity index (χ1) is 6.35.